The molecule has 0 aromatic carbocycles. The normalized spacial score (nSPS) is 13.2. The SMILES string of the molecule is CCC(CCOCCOCCOC)CNC(C)C. The average Bonchev–Trinajstić information content (AvgIpc) is 2.36. The van der Waals surface area contributed by atoms with Gasteiger partial charge in [-0.3, -0.25) is 0 Å². The molecule has 0 aliphatic rings. The van der Waals surface area contributed by atoms with Crippen LogP contribution in [-0.2, 0) is 14.2 Å². The first kappa shape index (κ1) is 17.8. The van der Waals surface area contributed by atoms with Crippen LogP contribution in [0, 0.1) is 5.92 Å². The molecule has 4 nitrogen and oxygen atoms in total. The summed E-state index contributed by atoms with van der Waals surface area (Å²) >= 11 is 0. The molecule has 0 spiro atoms. The van der Waals surface area contributed by atoms with Gasteiger partial charge in [-0.15, -0.1) is 0 Å². The highest BCUT2D eigenvalue weighted by Gasteiger charge is 2.06. The predicted octanol–water partition coefficient (Wildman–Crippen LogP) is 2.08. The van der Waals surface area contributed by atoms with Crippen LogP contribution in [-0.4, -0.2) is 52.7 Å². The lowest BCUT2D eigenvalue weighted by atomic mass is 10.0. The Morgan fingerprint density at radius 3 is 2.11 bits per heavy atom. The van der Waals surface area contributed by atoms with Gasteiger partial charge in [-0.25, -0.2) is 0 Å². The molecule has 0 saturated carbocycles. The van der Waals surface area contributed by atoms with Gasteiger partial charge in [0, 0.05) is 19.8 Å². The van der Waals surface area contributed by atoms with E-state index in [9.17, 15) is 0 Å². The summed E-state index contributed by atoms with van der Waals surface area (Å²) in [7, 11) is 1.68. The summed E-state index contributed by atoms with van der Waals surface area (Å²) in [5, 5.41) is 3.48. The first-order valence-corrected chi connectivity index (χ1v) is 7.08. The summed E-state index contributed by atoms with van der Waals surface area (Å²) in [6.07, 6.45) is 2.32. The number of hydrogen-bond acceptors (Lipinski definition) is 4. The first-order chi connectivity index (χ1) is 8.70. The Morgan fingerprint density at radius 1 is 0.944 bits per heavy atom. The van der Waals surface area contributed by atoms with Crippen molar-refractivity contribution in [2.75, 3.05) is 46.7 Å². The van der Waals surface area contributed by atoms with E-state index in [0.29, 0.717) is 38.4 Å². The van der Waals surface area contributed by atoms with E-state index < -0.39 is 0 Å². The van der Waals surface area contributed by atoms with Gasteiger partial charge in [0.2, 0.25) is 0 Å². The third-order valence-corrected chi connectivity index (χ3v) is 2.87. The molecule has 1 N–H and O–H groups in total. The van der Waals surface area contributed by atoms with Crippen LogP contribution in [0.4, 0.5) is 0 Å². The zero-order valence-electron chi connectivity index (χ0n) is 12.5. The molecule has 0 rings (SSSR count). The Kier molecular flexibility index (Phi) is 13.2. The lowest BCUT2D eigenvalue weighted by molar-refractivity contribution is 0.0217. The molecule has 0 saturated heterocycles. The van der Waals surface area contributed by atoms with Crippen LogP contribution in [0.15, 0.2) is 0 Å². The number of hydrogen-bond donors (Lipinski definition) is 1. The van der Waals surface area contributed by atoms with Gasteiger partial charge in [0.05, 0.1) is 26.4 Å². The molecule has 0 aliphatic carbocycles. The van der Waals surface area contributed by atoms with Crippen LogP contribution in [0.2, 0.25) is 0 Å². The summed E-state index contributed by atoms with van der Waals surface area (Å²) < 4.78 is 15.8. The van der Waals surface area contributed by atoms with Crippen molar-refractivity contribution in [3.05, 3.63) is 0 Å². The fourth-order valence-corrected chi connectivity index (χ4v) is 1.57. The second kappa shape index (κ2) is 13.3. The van der Waals surface area contributed by atoms with E-state index in [4.69, 9.17) is 14.2 Å². The Morgan fingerprint density at radius 2 is 1.56 bits per heavy atom. The second-order valence-corrected chi connectivity index (χ2v) is 4.84. The molecule has 18 heavy (non-hydrogen) atoms. The fourth-order valence-electron chi connectivity index (χ4n) is 1.57. The standard InChI is InChI=1S/C14H31NO3/c1-5-14(12-15-13(2)3)6-7-17-10-11-18-9-8-16-4/h13-15H,5-12H2,1-4H3. The summed E-state index contributed by atoms with van der Waals surface area (Å²) in [5.41, 5.74) is 0. The van der Waals surface area contributed by atoms with Crippen molar-refractivity contribution in [1.29, 1.82) is 0 Å². The molecule has 0 radical (unpaired) electrons. The molecule has 0 amide bonds. The number of ether oxygens (including phenoxy) is 3. The zero-order valence-corrected chi connectivity index (χ0v) is 12.5. The quantitative estimate of drug-likeness (QED) is 0.515. The van der Waals surface area contributed by atoms with Gasteiger partial charge >= 0.3 is 0 Å². The highest BCUT2D eigenvalue weighted by atomic mass is 16.5. The van der Waals surface area contributed by atoms with Crippen molar-refractivity contribution < 1.29 is 14.2 Å². The number of rotatable bonds is 13. The number of nitrogens with one attached hydrogen (secondary N) is 1. The third kappa shape index (κ3) is 12.3. The number of methoxy groups -OCH3 is 1. The molecule has 1 atom stereocenters. The van der Waals surface area contributed by atoms with E-state index in [1.54, 1.807) is 7.11 Å². The van der Waals surface area contributed by atoms with Crippen LogP contribution >= 0.6 is 0 Å². The van der Waals surface area contributed by atoms with Gasteiger partial charge in [0.15, 0.2) is 0 Å². The maximum Gasteiger partial charge on any atom is 0.0701 e. The molecule has 0 aliphatic heterocycles. The van der Waals surface area contributed by atoms with Crippen LogP contribution in [0.1, 0.15) is 33.6 Å². The predicted molar refractivity (Wildman–Crippen MR) is 75.1 cm³/mol. The lowest BCUT2D eigenvalue weighted by Crippen LogP contribution is -2.29. The highest BCUT2D eigenvalue weighted by Crippen LogP contribution is 2.07. The van der Waals surface area contributed by atoms with Crippen LogP contribution in [0.5, 0.6) is 0 Å². The minimum atomic E-state index is 0.564. The second-order valence-electron chi connectivity index (χ2n) is 4.84. The van der Waals surface area contributed by atoms with E-state index in [1.807, 2.05) is 0 Å². The van der Waals surface area contributed by atoms with E-state index in [1.165, 1.54) is 6.42 Å². The molecule has 110 valence electrons. The Labute approximate surface area is 112 Å². The van der Waals surface area contributed by atoms with E-state index >= 15 is 0 Å². The van der Waals surface area contributed by atoms with Crippen LogP contribution in [0.25, 0.3) is 0 Å². The van der Waals surface area contributed by atoms with Crippen LogP contribution < -0.4 is 5.32 Å². The van der Waals surface area contributed by atoms with Gasteiger partial charge in [0.1, 0.15) is 0 Å². The molecule has 0 aromatic rings. The molecule has 4 heteroatoms. The minimum Gasteiger partial charge on any atom is -0.382 e. The van der Waals surface area contributed by atoms with Crippen molar-refractivity contribution in [3.8, 4) is 0 Å². The highest BCUT2D eigenvalue weighted by molar-refractivity contribution is 4.62. The summed E-state index contributed by atoms with van der Waals surface area (Å²) in [6.45, 7) is 11.1. The van der Waals surface area contributed by atoms with Gasteiger partial charge in [-0.1, -0.05) is 27.2 Å². The fraction of sp³-hybridized carbons (Fsp3) is 1.00. The summed E-state index contributed by atoms with van der Waals surface area (Å²) in [6, 6.07) is 0.564. The van der Waals surface area contributed by atoms with Crippen molar-refractivity contribution >= 4 is 0 Å². The molecule has 0 fully saturated rings. The summed E-state index contributed by atoms with van der Waals surface area (Å²) in [4.78, 5) is 0. The van der Waals surface area contributed by atoms with Gasteiger partial charge in [0.25, 0.3) is 0 Å². The van der Waals surface area contributed by atoms with Crippen molar-refractivity contribution in [2.45, 2.75) is 39.7 Å². The van der Waals surface area contributed by atoms with Crippen molar-refractivity contribution in [3.63, 3.8) is 0 Å². The smallest absolute Gasteiger partial charge is 0.0701 e. The largest absolute Gasteiger partial charge is 0.382 e. The maximum absolute atomic E-state index is 5.56. The Balaban J connectivity index is 3.28. The minimum absolute atomic E-state index is 0.564. The molecule has 0 bridgehead atoms. The lowest BCUT2D eigenvalue weighted by Gasteiger charge is -2.17. The van der Waals surface area contributed by atoms with E-state index in [2.05, 4.69) is 26.1 Å². The van der Waals surface area contributed by atoms with Gasteiger partial charge in [-0.2, -0.15) is 0 Å². The Bertz CT molecular complexity index is 165. The third-order valence-electron chi connectivity index (χ3n) is 2.87. The summed E-state index contributed by atoms with van der Waals surface area (Å²) in [5.74, 6) is 0.710. The van der Waals surface area contributed by atoms with Gasteiger partial charge in [-0.05, 0) is 18.9 Å². The Hall–Kier alpha value is -0.160. The molecular weight excluding hydrogens is 230 g/mol. The van der Waals surface area contributed by atoms with Crippen molar-refractivity contribution in [2.24, 2.45) is 5.92 Å². The average molecular weight is 261 g/mol. The zero-order chi connectivity index (χ0) is 13.6. The maximum atomic E-state index is 5.56. The first-order valence-electron chi connectivity index (χ1n) is 7.08. The molecule has 1 unspecified atom stereocenters. The van der Waals surface area contributed by atoms with Gasteiger partial charge < -0.3 is 19.5 Å². The van der Waals surface area contributed by atoms with E-state index in [-0.39, 0.29) is 0 Å². The molecule has 0 aromatic heterocycles. The van der Waals surface area contributed by atoms with Crippen LogP contribution in [0.3, 0.4) is 0 Å². The van der Waals surface area contributed by atoms with E-state index in [0.717, 1.165) is 19.6 Å². The molecular formula is C14H31NO3. The molecule has 0 heterocycles. The van der Waals surface area contributed by atoms with Crippen molar-refractivity contribution in [1.82, 2.24) is 5.32 Å². The monoisotopic (exact) mass is 261 g/mol. The topological polar surface area (TPSA) is 39.7 Å².